The van der Waals surface area contributed by atoms with Crippen LogP contribution in [0.15, 0.2) is 0 Å². The SMILES string of the molecule is CCCCCC(=O)NCCN1CCNCC1.Cl. The van der Waals surface area contributed by atoms with Crippen LogP contribution in [0.2, 0.25) is 0 Å². The highest BCUT2D eigenvalue weighted by Gasteiger charge is 2.08. The number of amides is 1. The van der Waals surface area contributed by atoms with Gasteiger partial charge in [0, 0.05) is 45.7 Å². The summed E-state index contributed by atoms with van der Waals surface area (Å²) in [6.07, 6.45) is 4.05. The highest BCUT2D eigenvalue weighted by atomic mass is 35.5. The quantitative estimate of drug-likeness (QED) is 0.674. The zero-order valence-electron chi connectivity index (χ0n) is 10.8. The van der Waals surface area contributed by atoms with Gasteiger partial charge in [-0.1, -0.05) is 19.8 Å². The molecule has 1 aliphatic rings. The van der Waals surface area contributed by atoms with Crippen LogP contribution in [0.25, 0.3) is 0 Å². The fourth-order valence-electron chi connectivity index (χ4n) is 1.91. The van der Waals surface area contributed by atoms with Gasteiger partial charge in [0.2, 0.25) is 5.91 Å². The van der Waals surface area contributed by atoms with Gasteiger partial charge in [0.1, 0.15) is 0 Å². The second-order valence-electron chi connectivity index (χ2n) is 4.40. The second kappa shape index (κ2) is 10.8. The van der Waals surface area contributed by atoms with Crippen molar-refractivity contribution >= 4 is 18.3 Å². The van der Waals surface area contributed by atoms with Gasteiger partial charge in [-0.05, 0) is 6.42 Å². The number of halogens is 1. The Morgan fingerprint density at radius 2 is 2.00 bits per heavy atom. The molecule has 1 rings (SSSR count). The maximum Gasteiger partial charge on any atom is 0.220 e. The molecule has 1 fully saturated rings. The first kappa shape index (κ1) is 16.7. The van der Waals surface area contributed by atoms with E-state index < -0.39 is 0 Å². The van der Waals surface area contributed by atoms with Crippen molar-refractivity contribution in [3.8, 4) is 0 Å². The van der Waals surface area contributed by atoms with Gasteiger partial charge in [0.25, 0.3) is 0 Å². The van der Waals surface area contributed by atoms with Gasteiger partial charge in [-0.15, -0.1) is 12.4 Å². The van der Waals surface area contributed by atoms with Crippen molar-refractivity contribution in [2.75, 3.05) is 39.3 Å². The lowest BCUT2D eigenvalue weighted by Crippen LogP contribution is -2.46. The third kappa shape index (κ3) is 8.41. The molecular weight excluding hydrogens is 238 g/mol. The standard InChI is InChI=1S/C12H25N3O.ClH/c1-2-3-4-5-12(16)14-8-11-15-9-6-13-7-10-15;/h13H,2-11H2,1H3,(H,14,16);1H. The van der Waals surface area contributed by atoms with E-state index in [-0.39, 0.29) is 18.3 Å². The van der Waals surface area contributed by atoms with E-state index in [1.165, 1.54) is 6.42 Å². The summed E-state index contributed by atoms with van der Waals surface area (Å²) in [6, 6.07) is 0. The molecule has 0 atom stereocenters. The molecule has 0 aromatic heterocycles. The van der Waals surface area contributed by atoms with E-state index in [0.29, 0.717) is 6.42 Å². The minimum Gasteiger partial charge on any atom is -0.355 e. The molecule has 0 bridgehead atoms. The number of rotatable bonds is 7. The van der Waals surface area contributed by atoms with Crippen molar-refractivity contribution in [3.63, 3.8) is 0 Å². The van der Waals surface area contributed by atoms with Crippen LogP contribution in [-0.2, 0) is 4.79 Å². The highest BCUT2D eigenvalue weighted by Crippen LogP contribution is 1.98. The zero-order valence-corrected chi connectivity index (χ0v) is 11.7. The first-order chi connectivity index (χ1) is 7.83. The van der Waals surface area contributed by atoms with E-state index in [9.17, 15) is 4.79 Å². The molecule has 5 heteroatoms. The average Bonchev–Trinajstić information content (AvgIpc) is 2.31. The van der Waals surface area contributed by atoms with E-state index in [4.69, 9.17) is 0 Å². The third-order valence-electron chi connectivity index (χ3n) is 2.97. The second-order valence-corrected chi connectivity index (χ2v) is 4.40. The summed E-state index contributed by atoms with van der Waals surface area (Å²) in [7, 11) is 0. The summed E-state index contributed by atoms with van der Waals surface area (Å²) in [5, 5.41) is 6.31. The molecule has 1 amide bonds. The lowest BCUT2D eigenvalue weighted by molar-refractivity contribution is -0.121. The molecule has 0 unspecified atom stereocenters. The van der Waals surface area contributed by atoms with Crippen LogP contribution in [0.4, 0.5) is 0 Å². The Kier molecular flexibility index (Phi) is 10.6. The van der Waals surface area contributed by atoms with Gasteiger partial charge in [0.15, 0.2) is 0 Å². The first-order valence-corrected chi connectivity index (χ1v) is 6.52. The number of unbranched alkanes of at least 4 members (excludes halogenated alkanes) is 2. The molecule has 2 N–H and O–H groups in total. The molecule has 0 radical (unpaired) electrons. The minimum atomic E-state index is 0. The van der Waals surface area contributed by atoms with Crippen LogP contribution < -0.4 is 10.6 Å². The molecular formula is C12H26ClN3O. The van der Waals surface area contributed by atoms with Crippen LogP contribution in [0.5, 0.6) is 0 Å². The molecule has 0 spiro atoms. The molecule has 102 valence electrons. The number of hydrogen-bond donors (Lipinski definition) is 2. The van der Waals surface area contributed by atoms with Gasteiger partial charge in [-0.3, -0.25) is 9.69 Å². The van der Waals surface area contributed by atoms with E-state index in [1.54, 1.807) is 0 Å². The Morgan fingerprint density at radius 3 is 2.65 bits per heavy atom. The molecule has 1 aliphatic heterocycles. The topological polar surface area (TPSA) is 44.4 Å². The summed E-state index contributed by atoms with van der Waals surface area (Å²) in [5.74, 6) is 0.212. The average molecular weight is 264 g/mol. The van der Waals surface area contributed by atoms with Crippen molar-refractivity contribution in [2.24, 2.45) is 0 Å². The van der Waals surface area contributed by atoms with Crippen molar-refractivity contribution in [2.45, 2.75) is 32.6 Å². The number of piperazine rings is 1. The van der Waals surface area contributed by atoms with Gasteiger partial charge < -0.3 is 10.6 Å². The molecule has 1 saturated heterocycles. The number of carbonyl (C=O) groups excluding carboxylic acids is 1. The Balaban J connectivity index is 0.00000256. The molecule has 0 saturated carbocycles. The monoisotopic (exact) mass is 263 g/mol. The van der Waals surface area contributed by atoms with Gasteiger partial charge >= 0.3 is 0 Å². The van der Waals surface area contributed by atoms with Crippen LogP contribution in [-0.4, -0.2) is 50.1 Å². The summed E-state index contributed by atoms with van der Waals surface area (Å²) in [4.78, 5) is 13.8. The van der Waals surface area contributed by atoms with Gasteiger partial charge in [0.05, 0.1) is 0 Å². The Labute approximate surface area is 111 Å². The molecule has 0 aliphatic carbocycles. The predicted molar refractivity (Wildman–Crippen MR) is 73.7 cm³/mol. The summed E-state index contributed by atoms with van der Waals surface area (Å²) in [5.41, 5.74) is 0. The predicted octanol–water partition coefficient (Wildman–Crippen LogP) is 1.01. The van der Waals surface area contributed by atoms with Crippen molar-refractivity contribution in [1.29, 1.82) is 0 Å². The Bertz CT molecular complexity index is 196. The van der Waals surface area contributed by atoms with Gasteiger partial charge in [-0.25, -0.2) is 0 Å². The number of hydrogen-bond acceptors (Lipinski definition) is 3. The molecule has 0 aromatic carbocycles. The first-order valence-electron chi connectivity index (χ1n) is 6.52. The zero-order chi connectivity index (χ0) is 11.6. The van der Waals surface area contributed by atoms with Gasteiger partial charge in [-0.2, -0.15) is 0 Å². The van der Waals surface area contributed by atoms with Crippen molar-refractivity contribution in [3.05, 3.63) is 0 Å². The van der Waals surface area contributed by atoms with E-state index in [2.05, 4.69) is 22.5 Å². The van der Waals surface area contributed by atoms with Crippen molar-refractivity contribution in [1.82, 2.24) is 15.5 Å². The third-order valence-corrected chi connectivity index (χ3v) is 2.97. The lowest BCUT2D eigenvalue weighted by atomic mass is 10.2. The minimum absolute atomic E-state index is 0. The Morgan fingerprint density at radius 1 is 1.29 bits per heavy atom. The molecule has 4 nitrogen and oxygen atoms in total. The molecule has 0 aromatic rings. The largest absolute Gasteiger partial charge is 0.355 e. The highest BCUT2D eigenvalue weighted by molar-refractivity contribution is 5.85. The van der Waals surface area contributed by atoms with Crippen LogP contribution >= 0.6 is 12.4 Å². The van der Waals surface area contributed by atoms with Crippen LogP contribution in [0.1, 0.15) is 32.6 Å². The smallest absolute Gasteiger partial charge is 0.220 e. The maximum atomic E-state index is 11.4. The fraction of sp³-hybridized carbons (Fsp3) is 0.917. The molecule has 17 heavy (non-hydrogen) atoms. The van der Waals surface area contributed by atoms with E-state index in [1.807, 2.05) is 0 Å². The van der Waals surface area contributed by atoms with Crippen molar-refractivity contribution < 1.29 is 4.79 Å². The van der Waals surface area contributed by atoms with E-state index >= 15 is 0 Å². The summed E-state index contributed by atoms with van der Waals surface area (Å²) >= 11 is 0. The fourth-order valence-corrected chi connectivity index (χ4v) is 1.91. The lowest BCUT2D eigenvalue weighted by Gasteiger charge is -2.27. The van der Waals surface area contributed by atoms with Crippen LogP contribution in [0, 0.1) is 0 Å². The number of carbonyl (C=O) groups is 1. The normalized spacial score (nSPS) is 16.3. The van der Waals surface area contributed by atoms with Crippen LogP contribution in [0.3, 0.4) is 0 Å². The Hall–Kier alpha value is -0.320. The van der Waals surface area contributed by atoms with E-state index in [0.717, 1.165) is 52.1 Å². The number of nitrogens with one attached hydrogen (secondary N) is 2. The molecule has 1 heterocycles. The summed E-state index contributed by atoms with van der Waals surface area (Å²) in [6.45, 7) is 8.29. The number of nitrogens with zero attached hydrogens (tertiary/aromatic N) is 1. The summed E-state index contributed by atoms with van der Waals surface area (Å²) < 4.78 is 0. The maximum absolute atomic E-state index is 11.4.